The number of hydrogen-bond acceptors (Lipinski definition) is 9. The Balaban J connectivity index is 1.06. The average Bonchev–Trinajstić information content (AvgIpc) is 3.33. The van der Waals surface area contributed by atoms with Gasteiger partial charge in [-0.1, -0.05) is 41.9 Å². The van der Waals surface area contributed by atoms with E-state index in [2.05, 4.69) is 15.9 Å². The molecule has 10 rings (SSSR count). The Kier molecular flexibility index (Phi) is 13.1. The van der Waals surface area contributed by atoms with Gasteiger partial charge in [0.25, 0.3) is 0 Å². The highest BCUT2D eigenvalue weighted by Gasteiger charge is 2.33. The number of hydrogen-bond donors (Lipinski definition) is 2. The van der Waals surface area contributed by atoms with E-state index in [4.69, 9.17) is 30.5 Å². The number of likely N-dealkylation sites (tertiary alicyclic amines) is 2. The first-order chi connectivity index (χ1) is 33.5. The van der Waals surface area contributed by atoms with Crippen molar-refractivity contribution < 1.29 is 37.9 Å². The van der Waals surface area contributed by atoms with Gasteiger partial charge in [-0.15, -0.1) is 0 Å². The maximum Gasteiger partial charge on any atom is 0.150 e. The lowest BCUT2D eigenvalue weighted by atomic mass is 9.83. The van der Waals surface area contributed by atoms with Gasteiger partial charge in [-0.3, -0.25) is 18.6 Å². The third-order valence-electron chi connectivity index (χ3n) is 13.7. The van der Waals surface area contributed by atoms with E-state index in [1.165, 1.54) is 0 Å². The zero-order valence-corrected chi connectivity index (χ0v) is 39.2. The maximum atomic E-state index is 13.3. The molecule has 4 aliphatic heterocycles. The Hall–Kier alpha value is -6.84. The summed E-state index contributed by atoms with van der Waals surface area (Å²) in [7, 11) is 0. The predicted molar refractivity (Wildman–Crippen MR) is 265 cm³/mol. The lowest BCUT2D eigenvalue weighted by Gasteiger charge is -2.37. The summed E-state index contributed by atoms with van der Waals surface area (Å²) in [5.41, 5.74) is 10.3. The van der Waals surface area contributed by atoms with Crippen LogP contribution in [0.25, 0.3) is 33.4 Å². The Morgan fingerprint density at radius 1 is 0.623 bits per heavy atom. The van der Waals surface area contributed by atoms with Gasteiger partial charge >= 0.3 is 0 Å². The van der Waals surface area contributed by atoms with E-state index in [0.717, 1.165) is 75.3 Å². The summed E-state index contributed by atoms with van der Waals surface area (Å²) in [6.45, 7) is 8.46. The second-order valence-electron chi connectivity index (χ2n) is 18.4. The number of alkyl halides is 2. The second-order valence-corrected chi connectivity index (χ2v) is 18.9. The van der Waals surface area contributed by atoms with E-state index in [9.17, 15) is 24.3 Å². The van der Waals surface area contributed by atoms with Gasteiger partial charge in [-0.25, -0.2) is 0 Å². The van der Waals surface area contributed by atoms with Crippen LogP contribution in [-0.4, -0.2) is 85.8 Å². The molecule has 9 nitrogen and oxygen atoms in total. The van der Waals surface area contributed by atoms with Crippen molar-refractivity contribution in [3.05, 3.63) is 165 Å². The molecule has 2 fully saturated rings. The van der Waals surface area contributed by atoms with E-state index in [1.54, 1.807) is 30.3 Å². The molecule has 0 radical (unpaired) electrons. The molecule has 4 aliphatic rings. The molecule has 2 saturated heterocycles. The molecule has 352 valence electrons. The van der Waals surface area contributed by atoms with Crippen molar-refractivity contribution in [1.82, 2.24) is 9.80 Å². The number of ether oxygens (including phenoxy) is 4. The van der Waals surface area contributed by atoms with Crippen LogP contribution in [0.15, 0.2) is 121 Å². The van der Waals surface area contributed by atoms with E-state index >= 15 is 0 Å². The number of fused-ring (bicyclic) bond motifs is 2. The molecule has 0 bridgehead atoms. The molecule has 2 atom stereocenters. The second kappa shape index (κ2) is 19.6. The van der Waals surface area contributed by atoms with Crippen molar-refractivity contribution in [2.24, 2.45) is 11.8 Å². The molecule has 6 aromatic rings. The van der Waals surface area contributed by atoms with Crippen LogP contribution >= 0.6 is 11.6 Å². The Morgan fingerprint density at radius 3 is 1.96 bits per heavy atom. The highest BCUT2D eigenvalue weighted by atomic mass is 35.5. The molecule has 0 saturated carbocycles. The fourth-order valence-electron chi connectivity index (χ4n) is 10.0. The number of benzene rings is 6. The zero-order valence-electron chi connectivity index (χ0n) is 38.4. The highest BCUT2D eigenvalue weighted by Crippen LogP contribution is 2.51. The third-order valence-corrected chi connectivity index (χ3v) is 13.9. The Morgan fingerprint density at radius 2 is 1.25 bits per heavy atom. The fraction of sp³-hybridized carbons (Fsp3) is 0.281. The molecule has 2 N–H and O–H groups in total. The molecular weight excluding hydrogens is 896 g/mol. The van der Waals surface area contributed by atoms with Crippen LogP contribution in [0.3, 0.4) is 0 Å². The Bertz CT molecular complexity index is 3010. The lowest BCUT2D eigenvalue weighted by Crippen LogP contribution is -2.49. The van der Waals surface area contributed by atoms with Crippen molar-refractivity contribution >= 4 is 33.9 Å². The van der Waals surface area contributed by atoms with Crippen LogP contribution in [0.5, 0.6) is 34.5 Å². The van der Waals surface area contributed by atoms with Gasteiger partial charge in [-0.2, -0.15) is 5.26 Å². The summed E-state index contributed by atoms with van der Waals surface area (Å²) in [6, 6.07) is 39.8. The topological polar surface area (TPSA) is 108 Å². The van der Waals surface area contributed by atoms with E-state index in [-0.39, 0.29) is 36.7 Å². The third kappa shape index (κ3) is 9.49. The summed E-state index contributed by atoms with van der Waals surface area (Å²) in [5, 5.41) is 32.5. The SMILES string of the molecule is CC1=C(c2cccc(Cl)c2)[C@@H](c2ccc(OCCN3CC(CF)C3)c(-c3cc(C#N)cc(C4=C(C)c5cc(O)ccc5O[C@@H]4c4ccc(OCCN5CC(CF)C5)cc4)c3)c2)Oc2cc(O)ccc21. The predicted octanol–water partition coefficient (Wildman–Crippen LogP) is 12.0. The minimum atomic E-state index is -0.635. The number of halogens is 3. The molecule has 0 unspecified atom stereocenters. The molecule has 0 aromatic heterocycles. The largest absolute Gasteiger partial charge is 0.508 e. The highest BCUT2D eigenvalue weighted by molar-refractivity contribution is 6.30. The molecule has 4 heterocycles. The standard InChI is InChI=1S/C57H52ClF2N3O6/c1-34-48-13-9-46(65)26-53(48)69-57(54(34)40-4-3-5-44(58)23-40)41-8-14-51(67-19-17-63-32-38(28-60)33-63)50(24-41)42-20-36(29-61)21-43(22-42)55-35(2)49-25-45(64)10-15-52(49)68-56(55)39-6-11-47(12-7-39)66-18-16-62-30-37(27-59)31-62/h3-15,20-26,37-38,56-57,64-65H,16-19,27-28,30-33H2,1-2H3/t56-,57-/m1/s1. The number of allylic oxidation sites excluding steroid dienone is 2. The monoisotopic (exact) mass is 947 g/mol. The van der Waals surface area contributed by atoms with Crippen LogP contribution < -0.4 is 18.9 Å². The first-order valence-corrected chi connectivity index (χ1v) is 23.7. The molecular formula is C57H52ClF2N3O6. The van der Waals surface area contributed by atoms with Crippen LogP contribution in [0.1, 0.15) is 65.0 Å². The summed E-state index contributed by atoms with van der Waals surface area (Å²) in [5.74, 6) is 2.79. The van der Waals surface area contributed by atoms with Gasteiger partial charge in [0.05, 0.1) is 25.0 Å². The van der Waals surface area contributed by atoms with Crippen LogP contribution in [0.4, 0.5) is 8.78 Å². The van der Waals surface area contributed by atoms with Gasteiger partial charge in [0.2, 0.25) is 0 Å². The average molecular weight is 949 g/mol. The van der Waals surface area contributed by atoms with Crippen LogP contribution in [-0.2, 0) is 0 Å². The Labute approximate surface area is 406 Å². The molecule has 0 spiro atoms. The molecule has 0 amide bonds. The number of aromatic hydroxyl groups is 2. The summed E-state index contributed by atoms with van der Waals surface area (Å²) in [6.07, 6.45) is -1.24. The molecule has 6 aromatic carbocycles. The number of nitriles is 1. The van der Waals surface area contributed by atoms with Gasteiger partial charge in [-0.05, 0) is 138 Å². The van der Waals surface area contributed by atoms with Gasteiger partial charge in [0, 0.05) is 90.0 Å². The quantitative estimate of drug-likeness (QED) is 0.104. The van der Waals surface area contributed by atoms with Crippen molar-refractivity contribution in [3.63, 3.8) is 0 Å². The van der Waals surface area contributed by atoms with Gasteiger partial charge < -0.3 is 29.2 Å². The van der Waals surface area contributed by atoms with Crippen LogP contribution in [0.2, 0.25) is 5.02 Å². The first kappa shape index (κ1) is 45.9. The number of phenolic OH excluding ortho intramolecular Hbond substituents is 2. The van der Waals surface area contributed by atoms with E-state index in [0.29, 0.717) is 77.6 Å². The zero-order chi connectivity index (χ0) is 47.8. The van der Waals surface area contributed by atoms with Gasteiger partial charge in [0.15, 0.2) is 0 Å². The summed E-state index contributed by atoms with van der Waals surface area (Å²) >= 11 is 6.60. The van der Waals surface area contributed by atoms with Crippen LogP contribution in [0, 0.1) is 23.2 Å². The molecule has 69 heavy (non-hydrogen) atoms. The van der Waals surface area contributed by atoms with Crippen molar-refractivity contribution in [2.75, 3.05) is 65.8 Å². The minimum Gasteiger partial charge on any atom is -0.508 e. The molecule has 12 heteroatoms. The fourth-order valence-corrected chi connectivity index (χ4v) is 10.2. The first-order valence-electron chi connectivity index (χ1n) is 23.4. The normalized spacial score (nSPS) is 18.3. The minimum absolute atomic E-state index is 0.0470. The number of phenols is 2. The van der Waals surface area contributed by atoms with Gasteiger partial charge in [0.1, 0.15) is 59.9 Å². The maximum absolute atomic E-state index is 13.3. The van der Waals surface area contributed by atoms with Crippen molar-refractivity contribution in [1.29, 1.82) is 5.26 Å². The lowest BCUT2D eigenvalue weighted by molar-refractivity contribution is 0.0668. The smallest absolute Gasteiger partial charge is 0.150 e. The summed E-state index contributed by atoms with van der Waals surface area (Å²) < 4.78 is 52.7. The van der Waals surface area contributed by atoms with Crippen molar-refractivity contribution in [2.45, 2.75) is 26.1 Å². The summed E-state index contributed by atoms with van der Waals surface area (Å²) in [4.78, 5) is 4.35. The van der Waals surface area contributed by atoms with Crippen molar-refractivity contribution in [3.8, 4) is 51.7 Å². The van der Waals surface area contributed by atoms with E-state index in [1.807, 2.05) is 105 Å². The number of rotatable bonds is 15. The van der Waals surface area contributed by atoms with E-state index < -0.39 is 12.2 Å². The number of nitrogens with zero attached hydrogens (tertiary/aromatic N) is 3. The molecule has 0 aliphatic carbocycles.